The molecule has 2 aliphatic rings. The quantitative estimate of drug-likeness (QED) is 0.818. The van der Waals surface area contributed by atoms with Gasteiger partial charge in [-0.05, 0) is 68.8 Å². The second-order valence-corrected chi connectivity index (χ2v) is 7.96. The van der Waals surface area contributed by atoms with Crippen LogP contribution in [-0.2, 0) is 11.3 Å². The van der Waals surface area contributed by atoms with Gasteiger partial charge < -0.3 is 10.2 Å². The molecule has 0 bridgehead atoms. The van der Waals surface area contributed by atoms with Gasteiger partial charge in [0.2, 0.25) is 5.91 Å². The number of halogens is 2. The number of carbonyl (C=O) groups excluding carboxylic acids is 1. The van der Waals surface area contributed by atoms with Crippen LogP contribution in [0.25, 0.3) is 0 Å². The predicted molar refractivity (Wildman–Crippen MR) is 98.5 cm³/mol. The predicted octanol–water partition coefficient (Wildman–Crippen LogP) is 4.26. The molecule has 2 fully saturated rings. The first-order chi connectivity index (χ1) is 12.5. The molecule has 144 valence electrons. The third-order valence-electron chi connectivity index (χ3n) is 6.12. The van der Waals surface area contributed by atoms with E-state index in [-0.39, 0.29) is 24.1 Å². The molecule has 3 nitrogen and oxygen atoms in total. The van der Waals surface area contributed by atoms with Gasteiger partial charge in [0.25, 0.3) is 0 Å². The molecular formula is C21H30F2N2O. The molecule has 3 rings (SSSR count). The van der Waals surface area contributed by atoms with Crippen molar-refractivity contribution in [1.82, 2.24) is 10.2 Å². The first-order valence-corrected chi connectivity index (χ1v) is 9.98. The molecule has 1 amide bonds. The van der Waals surface area contributed by atoms with Crippen molar-refractivity contribution in [3.63, 3.8) is 0 Å². The Morgan fingerprint density at radius 3 is 2.58 bits per heavy atom. The minimum atomic E-state index is -0.455. The van der Waals surface area contributed by atoms with E-state index in [2.05, 4.69) is 12.2 Å². The van der Waals surface area contributed by atoms with Crippen LogP contribution in [-0.4, -0.2) is 29.9 Å². The van der Waals surface area contributed by atoms with Crippen LogP contribution >= 0.6 is 0 Å². The molecule has 1 unspecified atom stereocenters. The van der Waals surface area contributed by atoms with Gasteiger partial charge in [-0.25, -0.2) is 8.78 Å². The van der Waals surface area contributed by atoms with Gasteiger partial charge in [-0.2, -0.15) is 0 Å². The maximum absolute atomic E-state index is 14.1. The summed E-state index contributed by atoms with van der Waals surface area (Å²) in [6, 6.07) is 3.66. The van der Waals surface area contributed by atoms with E-state index >= 15 is 0 Å². The Balaban J connectivity index is 1.70. The van der Waals surface area contributed by atoms with Gasteiger partial charge in [0.1, 0.15) is 11.6 Å². The van der Waals surface area contributed by atoms with Gasteiger partial charge in [0.05, 0.1) is 0 Å². The van der Waals surface area contributed by atoms with Crippen LogP contribution < -0.4 is 5.32 Å². The summed E-state index contributed by atoms with van der Waals surface area (Å²) >= 11 is 0. The molecular weight excluding hydrogens is 334 g/mol. The number of hydrogen-bond donors (Lipinski definition) is 1. The third kappa shape index (κ3) is 4.81. The normalized spacial score (nSPS) is 20.3. The second-order valence-electron chi connectivity index (χ2n) is 7.96. The van der Waals surface area contributed by atoms with Gasteiger partial charge in [0, 0.05) is 24.6 Å². The van der Waals surface area contributed by atoms with Crippen LogP contribution in [0.1, 0.15) is 57.4 Å². The SMILES string of the molecule is CC(CC(=O)N(Cc1cc(F)ccc1F)C1CCCC1)C1CCNCC1. The van der Waals surface area contributed by atoms with E-state index in [0.717, 1.165) is 63.7 Å². The number of amides is 1. The highest BCUT2D eigenvalue weighted by Crippen LogP contribution is 2.29. The number of nitrogens with zero attached hydrogens (tertiary/aromatic N) is 1. The van der Waals surface area contributed by atoms with E-state index in [1.54, 1.807) is 0 Å². The van der Waals surface area contributed by atoms with Gasteiger partial charge >= 0.3 is 0 Å². The molecule has 5 heteroatoms. The van der Waals surface area contributed by atoms with E-state index in [0.29, 0.717) is 18.3 Å². The number of benzene rings is 1. The summed E-state index contributed by atoms with van der Waals surface area (Å²) in [4.78, 5) is 14.9. The van der Waals surface area contributed by atoms with Crippen molar-refractivity contribution in [2.24, 2.45) is 11.8 Å². The zero-order chi connectivity index (χ0) is 18.5. The van der Waals surface area contributed by atoms with Crippen molar-refractivity contribution < 1.29 is 13.6 Å². The highest BCUT2D eigenvalue weighted by atomic mass is 19.1. The molecule has 1 aromatic rings. The van der Waals surface area contributed by atoms with Crippen LogP contribution in [0.15, 0.2) is 18.2 Å². The van der Waals surface area contributed by atoms with Crippen LogP contribution in [0.4, 0.5) is 8.78 Å². The number of piperidine rings is 1. The summed E-state index contributed by atoms with van der Waals surface area (Å²) in [6.07, 6.45) is 6.84. The second kappa shape index (κ2) is 8.94. The van der Waals surface area contributed by atoms with Gasteiger partial charge in [-0.1, -0.05) is 19.8 Å². The summed E-state index contributed by atoms with van der Waals surface area (Å²) in [5, 5.41) is 3.36. The summed E-state index contributed by atoms with van der Waals surface area (Å²) in [5.74, 6) is 0.0888. The molecule has 1 aliphatic heterocycles. The van der Waals surface area contributed by atoms with Gasteiger partial charge in [-0.3, -0.25) is 4.79 Å². The molecule has 0 aromatic heterocycles. The van der Waals surface area contributed by atoms with Crippen LogP contribution in [0.2, 0.25) is 0 Å². The molecule has 0 radical (unpaired) electrons. The lowest BCUT2D eigenvalue weighted by Crippen LogP contribution is -2.40. The summed E-state index contributed by atoms with van der Waals surface area (Å²) in [7, 11) is 0. The van der Waals surface area contributed by atoms with Crippen molar-refractivity contribution in [3.8, 4) is 0 Å². The van der Waals surface area contributed by atoms with Crippen LogP contribution in [0, 0.1) is 23.5 Å². The summed E-state index contributed by atoms with van der Waals surface area (Å²) in [5.41, 5.74) is 0.278. The number of hydrogen-bond acceptors (Lipinski definition) is 2. The van der Waals surface area contributed by atoms with E-state index in [1.165, 1.54) is 6.07 Å². The molecule has 1 atom stereocenters. The molecule has 1 aliphatic carbocycles. The van der Waals surface area contributed by atoms with E-state index in [4.69, 9.17) is 0 Å². The first-order valence-electron chi connectivity index (χ1n) is 9.98. The Hall–Kier alpha value is -1.49. The lowest BCUT2D eigenvalue weighted by molar-refractivity contribution is -0.135. The largest absolute Gasteiger partial charge is 0.335 e. The Bertz CT molecular complexity index is 610. The summed E-state index contributed by atoms with van der Waals surface area (Å²) < 4.78 is 27.7. The Labute approximate surface area is 155 Å². The van der Waals surface area contributed by atoms with E-state index in [1.807, 2.05) is 4.90 Å². The van der Waals surface area contributed by atoms with E-state index in [9.17, 15) is 13.6 Å². The minimum Gasteiger partial charge on any atom is -0.335 e. The fraction of sp³-hybridized carbons (Fsp3) is 0.667. The van der Waals surface area contributed by atoms with Crippen LogP contribution in [0.3, 0.4) is 0 Å². The minimum absolute atomic E-state index is 0.0894. The number of carbonyl (C=O) groups is 1. The maximum atomic E-state index is 14.1. The van der Waals surface area contributed by atoms with Crippen molar-refractivity contribution in [1.29, 1.82) is 0 Å². The molecule has 1 saturated carbocycles. The lowest BCUT2D eigenvalue weighted by Gasteiger charge is -2.33. The number of nitrogens with one attached hydrogen (secondary N) is 1. The molecule has 1 N–H and O–H groups in total. The van der Waals surface area contributed by atoms with Crippen molar-refractivity contribution in [3.05, 3.63) is 35.4 Å². The molecule has 1 saturated heterocycles. The van der Waals surface area contributed by atoms with E-state index < -0.39 is 11.6 Å². The van der Waals surface area contributed by atoms with Gasteiger partial charge in [-0.15, -0.1) is 0 Å². The average molecular weight is 364 g/mol. The van der Waals surface area contributed by atoms with Crippen molar-refractivity contribution in [2.75, 3.05) is 13.1 Å². The highest BCUT2D eigenvalue weighted by molar-refractivity contribution is 5.77. The third-order valence-corrected chi connectivity index (χ3v) is 6.12. The van der Waals surface area contributed by atoms with Crippen molar-refractivity contribution in [2.45, 2.75) is 64.5 Å². The Kier molecular flexibility index (Phi) is 6.63. The van der Waals surface area contributed by atoms with Crippen LogP contribution in [0.5, 0.6) is 0 Å². The standard InChI is InChI=1S/C21H30F2N2O/c1-15(16-8-10-24-11-9-16)12-21(26)25(19-4-2-3-5-19)14-17-13-18(22)6-7-20(17)23/h6-7,13,15-16,19,24H,2-5,8-12,14H2,1H3. The fourth-order valence-corrected chi connectivity index (χ4v) is 4.46. The molecule has 26 heavy (non-hydrogen) atoms. The Morgan fingerprint density at radius 2 is 1.88 bits per heavy atom. The molecule has 1 heterocycles. The highest BCUT2D eigenvalue weighted by Gasteiger charge is 2.30. The topological polar surface area (TPSA) is 32.3 Å². The summed E-state index contributed by atoms with van der Waals surface area (Å²) in [6.45, 7) is 4.36. The van der Waals surface area contributed by atoms with Crippen molar-refractivity contribution >= 4 is 5.91 Å². The fourth-order valence-electron chi connectivity index (χ4n) is 4.46. The number of rotatable bonds is 6. The monoisotopic (exact) mass is 364 g/mol. The maximum Gasteiger partial charge on any atom is 0.223 e. The van der Waals surface area contributed by atoms with Gasteiger partial charge in [0.15, 0.2) is 0 Å². The lowest BCUT2D eigenvalue weighted by atomic mass is 9.84. The molecule has 0 spiro atoms. The Morgan fingerprint density at radius 1 is 1.19 bits per heavy atom. The smallest absolute Gasteiger partial charge is 0.223 e. The average Bonchev–Trinajstić information content (AvgIpc) is 3.17. The first kappa shape index (κ1) is 19.3. The zero-order valence-electron chi connectivity index (χ0n) is 15.6. The molecule has 1 aromatic carbocycles. The zero-order valence-corrected chi connectivity index (χ0v) is 15.6.